The van der Waals surface area contributed by atoms with E-state index in [0.29, 0.717) is 5.11 Å². The summed E-state index contributed by atoms with van der Waals surface area (Å²) in [5.41, 5.74) is 3.20. The Hall–Kier alpha value is -1.62. The molecule has 0 aliphatic carbocycles. The number of hydrogen-bond acceptors (Lipinski definition) is 2. The first kappa shape index (κ1) is 18.7. The van der Waals surface area contributed by atoms with Crippen molar-refractivity contribution in [2.75, 3.05) is 32.5 Å². The summed E-state index contributed by atoms with van der Waals surface area (Å²) in [6.45, 7) is 4.56. The van der Waals surface area contributed by atoms with Crippen molar-refractivity contribution in [1.29, 1.82) is 0 Å². The second-order valence-corrected chi connectivity index (χ2v) is 6.85. The summed E-state index contributed by atoms with van der Waals surface area (Å²) in [5.74, 6) is 0. The van der Waals surface area contributed by atoms with Crippen LogP contribution in [0.3, 0.4) is 0 Å². The van der Waals surface area contributed by atoms with E-state index in [9.17, 15) is 0 Å². The highest BCUT2D eigenvalue weighted by Gasteiger charge is 2.12. The molecule has 128 valence electrons. The van der Waals surface area contributed by atoms with Crippen molar-refractivity contribution >= 4 is 34.6 Å². The van der Waals surface area contributed by atoms with Crippen LogP contribution in [0.2, 0.25) is 5.02 Å². The van der Waals surface area contributed by atoms with Crippen LogP contribution >= 0.6 is 23.8 Å². The normalized spacial score (nSPS) is 10.7. The van der Waals surface area contributed by atoms with Crippen molar-refractivity contribution < 1.29 is 0 Å². The topological polar surface area (TPSA) is 18.5 Å². The van der Waals surface area contributed by atoms with Crippen LogP contribution in [0.25, 0.3) is 0 Å². The smallest absolute Gasteiger partial charge is 0.173 e. The van der Waals surface area contributed by atoms with Gasteiger partial charge in [-0.2, -0.15) is 0 Å². The number of rotatable bonds is 6. The van der Waals surface area contributed by atoms with Crippen LogP contribution < -0.4 is 5.32 Å². The van der Waals surface area contributed by atoms with Gasteiger partial charge < -0.3 is 15.1 Å². The molecule has 0 aliphatic heterocycles. The van der Waals surface area contributed by atoms with E-state index in [1.54, 1.807) is 0 Å². The van der Waals surface area contributed by atoms with Gasteiger partial charge in [0.2, 0.25) is 0 Å². The van der Waals surface area contributed by atoms with E-state index >= 15 is 0 Å². The molecule has 2 aromatic carbocycles. The molecule has 0 fully saturated rings. The summed E-state index contributed by atoms with van der Waals surface area (Å²) < 4.78 is 0. The number of benzene rings is 2. The fourth-order valence-electron chi connectivity index (χ4n) is 2.31. The predicted molar refractivity (Wildman–Crippen MR) is 108 cm³/mol. The third-order valence-corrected chi connectivity index (χ3v) is 4.60. The second-order valence-electron chi connectivity index (χ2n) is 6.05. The zero-order valence-electron chi connectivity index (χ0n) is 14.4. The Balaban J connectivity index is 2.12. The van der Waals surface area contributed by atoms with E-state index < -0.39 is 0 Å². The summed E-state index contributed by atoms with van der Waals surface area (Å²) in [7, 11) is 4.14. The molecule has 1 N–H and O–H groups in total. The van der Waals surface area contributed by atoms with Crippen molar-refractivity contribution in [2.45, 2.75) is 13.5 Å². The van der Waals surface area contributed by atoms with E-state index in [1.165, 1.54) is 5.56 Å². The molecule has 0 aromatic heterocycles. The van der Waals surface area contributed by atoms with Crippen molar-refractivity contribution in [3.63, 3.8) is 0 Å². The maximum Gasteiger partial charge on any atom is 0.173 e. The summed E-state index contributed by atoms with van der Waals surface area (Å²) >= 11 is 11.9. The number of likely N-dealkylation sites (N-methyl/N-ethyl adjacent to an activating group) is 1. The summed E-state index contributed by atoms with van der Waals surface area (Å²) in [5, 5.41) is 4.80. The van der Waals surface area contributed by atoms with Crippen molar-refractivity contribution in [3.05, 3.63) is 64.7 Å². The van der Waals surface area contributed by atoms with Crippen LogP contribution in [-0.4, -0.2) is 42.1 Å². The zero-order valence-corrected chi connectivity index (χ0v) is 16.0. The molecule has 0 bridgehead atoms. The van der Waals surface area contributed by atoms with Crippen molar-refractivity contribution in [2.24, 2.45) is 0 Å². The monoisotopic (exact) mass is 361 g/mol. The minimum Gasteiger partial charge on any atom is -0.343 e. The minimum absolute atomic E-state index is 0.714. The molecule has 0 aliphatic rings. The molecule has 0 saturated heterocycles. The third-order valence-electron chi connectivity index (χ3n) is 3.83. The van der Waals surface area contributed by atoms with Crippen LogP contribution in [0, 0.1) is 6.92 Å². The Kier molecular flexibility index (Phi) is 7.03. The van der Waals surface area contributed by atoms with Crippen LogP contribution in [-0.2, 0) is 6.54 Å². The molecule has 24 heavy (non-hydrogen) atoms. The number of thiocarbonyl (C=S) groups is 1. The van der Waals surface area contributed by atoms with Gasteiger partial charge in [-0.15, -0.1) is 0 Å². The Bertz CT molecular complexity index is 674. The molecule has 0 amide bonds. The van der Waals surface area contributed by atoms with Gasteiger partial charge in [0.05, 0.1) is 0 Å². The fourth-order valence-corrected chi connectivity index (χ4v) is 2.75. The molecular weight excluding hydrogens is 338 g/mol. The first-order valence-electron chi connectivity index (χ1n) is 7.97. The molecule has 0 radical (unpaired) electrons. The second kappa shape index (κ2) is 9.02. The largest absolute Gasteiger partial charge is 0.343 e. The maximum atomic E-state index is 6.21. The lowest BCUT2D eigenvalue weighted by molar-refractivity contribution is 0.328. The molecule has 3 nitrogen and oxygen atoms in total. The van der Waals surface area contributed by atoms with E-state index in [1.807, 2.05) is 31.2 Å². The molecule has 0 saturated carbocycles. The average molecular weight is 362 g/mol. The van der Waals surface area contributed by atoms with Gasteiger partial charge in [0.25, 0.3) is 0 Å². The number of nitrogens with one attached hydrogen (secondary N) is 1. The SMILES string of the molecule is Cc1c(Cl)cccc1NC(=S)N(CCN(C)C)Cc1ccccc1. The molecule has 0 unspecified atom stereocenters. The summed E-state index contributed by atoms with van der Waals surface area (Å²) in [4.78, 5) is 4.34. The molecule has 0 spiro atoms. The van der Waals surface area contributed by atoms with E-state index in [0.717, 1.165) is 35.9 Å². The molecule has 2 aromatic rings. The van der Waals surface area contributed by atoms with Gasteiger partial charge in [0, 0.05) is 30.3 Å². The van der Waals surface area contributed by atoms with Gasteiger partial charge in [0.1, 0.15) is 0 Å². The standard InChI is InChI=1S/C19H24ClN3S/c1-15-17(20)10-7-11-18(15)21-19(24)23(13-12-22(2)3)14-16-8-5-4-6-9-16/h4-11H,12-14H2,1-3H3,(H,21,24). The Morgan fingerprint density at radius 1 is 1.04 bits per heavy atom. The third kappa shape index (κ3) is 5.48. The van der Waals surface area contributed by atoms with Crippen LogP contribution in [0.4, 0.5) is 5.69 Å². The highest BCUT2D eigenvalue weighted by atomic mass is 35.5. The lowest BCUT2D eigenvalue weighted by Crippen LogP contribution is -2.38. The van der Waals surface area contributed by atoms with Gasteiger partial charge in [-0.05, 0) is 56.5 Å². The fraction of sp³-hybridized carbons (Fsp3) is 0.316. The highest BCUT2D eigenvalue weighted by molar-refractivity contribution is 7.80. The van der Waals surface area contributed by atoms with E-state index in [4.69, 9.17) is 23.8 Å². The summed E-state index contributed by atoms with van der Waals surface area (Å²) in [6, 6.07) is 16.2. The van der Waals surface area contributed by atoms with Crippen LogP contribution in [0.15, 0.2) is 48.5 Å². The lowest BCUT2D eigenvalue weighted by atomic mass is 10.2. The lowest BCUT2D eigenvalue weighted by Gasteiger charge is -2.28. The van der Waals surface area contributed by atoms with Crippen LogP contribution in [0.5, 0.6) is 0 Å². The molecule has 5 heteroatoms. The molecular formula is C19H24ClN3S. The van der Waals surface area contributed by atoms with Gasteiger partial charge in [0.15, 0.2) is 5.11 Å². The van der Waals surface area contributed by atoms with Crippen LogP contribution in [0.1, 0.15) is 11.1 Å². The average Bonchev–Trinajstić information content (AvgIpc) is 2.56. The van der Waals surface area contributed by atoms with E-state index in [-0.39, 0.29) is 0 Å². The van der Waals surface area contributed by atoms with Gasteiger partial charge >= 0.3 is 0 Å². The van der Waals surface area contributed by atoms with Gasteiger partial charge in [-0.1, -0.05) is 48.0 Å². The Morgan fingerprint density at radius 2 is 1.75 bits per heavy atom. The zero-order chi connectivity index (χ0) is 17.5. The molecule has 0 heterocycles. The quantitative estimate of drug-likeness (QED) is 0.768. The number of halogens is 1. The minimum atomic E-state index is 0.714. The number of hydrogen-bond donors (Lipinski definition) is 1. The molecule has 2 rings (SSSR count). The Morgan fingerprint density at radius 3 is 2.42 bits per heavy atom. The first-order valence-corrected chi connectivity index (χ1v) is 8.75. The van der Waals surface area contributed by atoms with Crippen molar-refractivity contribution in [3.8, 4) is 0 Å². The maximum absolute atomic E-state index is 6.21. The van der Waals surface area contributed by atoms with E-state index in [2.05, 4.69) is 53.5 Å². The van der Waals surface area contributed by atoms with Gasteiger partial charge in [-0.3, -0.25) is 0 Å². The van der Waals surface area contributed by atoms with Gasteiger partial charge in [-0.25, -0.2) is 0 Å². The van der Waals surface area contributed by atoms with Crippen molar-refractivity contribution in [1.82, 2.24) is 9.80 Å². The molecule has 0 atom stereocenters. The predicted octanol–water partition coefficient (Wildman–Crippen LogP) is 4.41. The number of anilines is 1. The number of nitrogens with zero attached hydrogens (tertiary/aromatic N) is 2. The summed E-state index contributed by atoms with van der Waals surface area (Å²) in [6.07, 6.45) is 0. The highest BCUT2D eigenvalue weighted by Crippen LogP contribution is 2.23. The Labute approximate surface area is 155 Å². The first-order chi connectivity index (χ1) is 11.5.